The Morgan fingerprint density at radius 2 is 1.75 bits per heavy atom. The predicted octanol–water partition coefficient (Wildman–Crippen LogP) is 3.10. The molecule has 20 heavy (non-hydrogen) atoms. The number of nitrogens with two attached hydrogens (primary N) is 1. The average Bonchev–Trinajstić information content (AvgIpc) is 2.38. The van der Waals surface area contributed by atoms with Gasteiger partial charge >= 0.3 is 6.36 Å². The van der Waals surface area contributed by atoms with E-state index < -0.39 is 6.36 Å². The lowest BCUT2D eigenvalue weighted by Crippen LogP contribution is -2.16. The fourth-order valence-corrected chi connectivity index (χ4v) is 1.55. The highest BCUT2D eigenvalue weighted by molar-refractivity contribution is 5.64. The van der Waals surface area contributed by atoms with Crippen molar-refractivity contribution in [3.63, 3.8) is 0 Å². The van der Waals surface area contributed by atoms with Crippen LogP contribution < -0.4 is 10.5 Å². The first-order chi connectivity index (χ1) is 9.39. The van der Waals surface area contributed by atoms with Gasteiger partial charge in [0.15, 0.2) is 5.69 Å². The number of hydrogen-bond donors (Lipinski definition) is 1. The molecule has 0 fully saturated rings. The zero-order valence-corrected chi connectivity index (χ0v) is 9.98. The molecule has 0 atom stereocenters. The molecule has 102 valence electrons. The molecule has 0 aliphatic carbocycles. The van der Waals surface area contributed by atoms with Crippen LogP contribution in [0.1, 0.15) is 5.69 Å². The number of benzene rings is 1. The van der Waals surface area contributed by atoms with E-state index in [4.69, 9.17) is 11.0 Å². The van der Waals surface area contributed by atoms with Gasteiger partial charge in [0, 0.05) is 5.56 Å². The molecule has 0 radical (unpaired) electrons. The minimum Gasteiger partial charge on any atom is -0.406 e. The van der Waals surface area contributed by atoms with Crippen LogP contribution in [0.5, 0.6) is 5.75 Å². The van der Waals surface area contributed by atoms with Crippen LogP contribution in [-0.2, 0) is 0 Å². The summed E-state index contributed by atoms with van der Waals surface area (Å²) in [5, 5.41) is 8.82. The molecular weight excluding hydrogens is 271 g/mol. The molecule has 1 aromatic heterocycles. The summed E-state index contributed by atoms with van der Waals surface area (Å²) in [6.07, 6.45) is -4.73. The lowest BCUT2D eigenvalue weighted by molar-refractivity contribution is -0.274. The quantitative estimate of drug-likeness (QED) is 0.916. The molecule has 0 spiro atoms. The summed E-state index contributed by atoms with van der Waals surface area (Å²) in [5.41, 5.74) is 6.84. The van der Waals surface area contributed by atoms with E-state index in [1.54, 1.807) is 6.07 Å². The smallest absolute Gasteiger partial charge is 0.406 e. The van der Waals surface area contributed by atoms with E-state index in [9.17, 15) is 13.2 Å². The highest BCUT2D eigenvalue weighted by Crippen LogP contribution is 2.26. The van der Waals surface area contributed by atoms with Gasteiger partial charge in [-0.1, -0.05) is 0 Å². The van der Waals surface area contributed by atoms with Crippen LogP contribution in [-0.4, -0.2) is 11.3 Å². The Morgan fingerprint density at radius 3 is 2.30 bits per heavy atom. The first kappa shape index (κ1) is 13.7. The summed E-state index contributed by atoms with van der Waals surface area (Å²) < 4.78 is 39.8. The van der Waals surface area contributed by atoms with E-state index in [0.717, 1.165) is 0 Å². The van der Waals surface area contributed by atoms with Crippen molar-refractivity contribution >= 4 is 5.69 Å². The highest BCUT2D eigenvalue weighted by Gasteiger charge is 2.30. The van der Waals surface area contributed by atoms with Gasteiger partial charge in [0.25, 0.3) is 0 Å². The van der Waals surface area contributed by atoms with Gasteiger partial charge < -0.3 is 10.5 Å². The number of pyridine rings is 1. The lowest BCUT2D eigenvalue weighted by Gasteiger charge is -2.09. The van der Waals surface area contributed by atoms with Gasteiger partial charge in [0.2, 0.25) is 0 Å². The van der Waals surface area contributed by atoms with Crippen molar-refractivity contribution < 1.29 is 17.9 Å². The molecule has 0 amide bonds. The summed E-state index contributed by atoms with van der Waals surface area (Å²) >= 11 is 0. The van der Waals surface area contributed by atoms with Crippen LogP contribution in [0.4, 0.5) is 18.9 Å². The summed E-state index contributed by atoms with van der Waals surface area (Å²) in [6, 6.07) is 10.1. The molecule has 0 aliphatic heterocycles. The topological polar surface area (TPSA) is 71.9 Å². The molecule has 0 aliphatic rings. The van der Waals surface area contributed by atoms with Gasteiger partial charge in [-0.3, -0.25) is 0 Å². The van der Waals surface area contributed by atoms with Crippen molar-refractivity contribution in [2.75, 3.05) is 5.73 Å². The Kier molecular flexibility index (Phi) is 3.48. The van der Waals surface area contributed by atoms with Gasteiger partial charge in [0.1, 0.15) is 11.8 Å². The zero-order chi connectivity index (χ0) is 14.8. The largest absolute Gasteiger partial charge is 0.573 e. The van der Waals surface area contributed by atoms with Gasteiger partial charge in [-0.15, -0.1) is 13.2 Å². The minimum atomic E-state index is -4.73. The molecular formula is C13H8F3N3O. The van der Waals surface area contributed by atoms with Crippen molar-refractivity contribution in [2.45, 2.75) is 6.36 Å². The van der Waals surface area contributed by atoms with Crippen LogP contribution in [0.15, 0.2) is 36.4 Å². The van der Waals surface area contributed by atoms with Crippen LogP contribution in [0.25, 0.3) is 11.3 Å². The number of nitrogens with zero attached hydrogens (tertiary/aromatic N) is 2. The Hall–Kier alpha value is -2.75. The Labute approximate surface area is 112 Å². The average molecular weight is 279 g/mol. The maximum absolute atomic E-state index is 12.0. The third kappa shape index (κ3) is 3.17. The first-order valence-electron chi connectivity index (χ1n) is 5.42. The molecule has 0 saturated carbocycles. The van der Waals surface area contributed by atoms with Crippen molar-refractivity contribution in [1.29, 1.82) is 5.26 Å². The normalized spacial score (nSPS) is 10.9. The molecule has 0 unspecified atom stereocenters. The molecule has 2 rings (SSSR count). The zero-order valence-electron chi connectivity index (χ0n) is 9.98. The second-order valence-electron chi connectivity index (χ2n) is 3.82. The number of alkyl halides is 3. The fraction of sp³-hybridized carbons (Fsp3) is 0.0769. The monoisotopic (exact) mass is 279 g/mol. The second kappa shape index (κ2) is 5.09. The lowest BCUT2D eigenvalue weighted by atomic mass is 10.1. The van der Waals surface area contributed by atoms with E-state index >= 15 is 0 Å². The minimum absolute atomic E-state index is 0.0677. The third-order valence-electron chi connectivity index (χ3n) is 2.42. The Morgan fingerprint density at radius 1 is 1.10 bits per heavy atom. The Bertz CT molecular complexity index is 660. The van der Waals surface area contributed by atoms with Crippen molar-refractivity contribution in [3.8, 4) is 23.1 Å². The van der Waals surface area contributed by atoms with Gasteiger partial charge in [-0.25, -0.2) is 4.98 Å². The summed E-state index contributed by atoms with van der Waals surface area (Å²) in [4.78, 5) is 4.02. The first-order valence-corrected chi connectivity index (χ1v) is 5.42. The maximum Gasteiger partial charge on any atom is 0.573 e. The van der Waals surface area contributed by atoms with E-state index in [0.29, 0.717) is 11.3 Å². The van der Waals surface area contributed by atoms with Gasteiger partial charge in [-0.2, -0.15) is 5.26 Å². The van der Waals surface area contributed by atoms with Crippen LogP contribution in [0.3, 0.4) is 0 Å². The van der Waals surface area contributed by atoms with E-state index in [-0.39, 0.29) is 17.1 Å². The number of hydrogen-bond acceptors (Lipinski definition) is 4. The van der Waals surface area contributed by atoms with E-state index in [1.165, 1.54) is 30.3 Å². The number of rotatable bonds is 2. The van der Waals surface area contributed by atoms with Crippen molar-refractivity contribution in [1.82, 2.24) is 4.98 Å². The van der Waals surface area contributed by atoms with Crippen LogP contribution in [0, 0.1) is 11.3 Å². The molecule has 1 aromatic carbocycles. The molecule has 0 saturated heterocycles. The van der Waals surface area contributed by atoms with Gasteiger partial charge in [0.05, 0.1) is 11.4 Å². The number of nitrogen functional groups attached to an aromatic ring is 1. The van der Waals surface area contributed by atoms with Crippen molar-refractivity contribution in [2.24, 2.45) is 0 Å². The standard InChI is InChI=1S/C13H8F3N3O/c14-13(15,16)20-9-3-1-8(2-4-9)11-6-5-10(18)12(7-17)19-11/h1-6H,18H2. The Balaban J connectivity index is 2.29. The highest BCUT2D eigenvalue weighted by atomic mass is 19.4. The molecule has 0 bridgehead atoms. The third-order valence-corrected chi connectivity index (χ3v) is 2.42. The number of ether oxygens (including phenoxy) is 1. The van der Waals surface area contributed by atoms with E-state index in [1.807, 2.05) is 6.07 Å². The summed E-state index contributed by atoms with van der Waals surface area (Å²) in [7, 11) is 0. The van der Waals surface area contributed by atoms with Crippen molar-refractivity contribution in [3.05, 3.63) is 42.1 Å². The molecule has 2 N–H and O–H groups in total. The fourth-order valence-electron chi connectivity index (χ4n) is 1.55. The number of aromatic nitrogens is 1. The maximum atomic E-state index is 12.0. The molecule has 2 aromatic rings. The number of halogens is 3. The van der Waals surface area contributed by atoms with E-state index in [2.05, 4.69) is 9.72 Å². The second-order valence-corrected chi connectivity index (χ2v) is 3.82. The predicted molar refractivity (Wildman–Crippen MR) is 65.5 cm³/mol. The molecule has 7 heteroatoms. The number of anilines is 1. The molecule has 4 nitrogen and oxygen atoms in total. The number of nitriles is 1. The molecule has 1 heterocycles. The summed E-state index contributed by atoms with van der Waals surface area (Å²) in [5.74, 6) is -0.322. The van der Waals surface area contributed by atoms with Gasteiger partial charge in [-0.05, 0) is 36.4 Å². The summed E-state index contributed by atoms with van der Waals surface area (Å²) in [6.45, 7) is 0. The van der Waals surface area contributed by atoms with Crippen LogP contribution in [0.2, 0.25) is 0 Å². The SMILES string of the molecule is N#Cc1nc(-c2ccc(OC(F)(F)F)cc2)ccc1N. The van der Waals surface area contributed by atoms with Crippen LogP contribution >= 0.6 is 0 Å².